The Morgan fingerprint density at radius 2 is 1.92 bits per heavy atom. The molecule has 1 heterocycles. The molecule has 1 atom stereocenters. The number of carbonyl (C=O) groups is 1. The molecule has 0 aliphatic carbocycles. The fourth-order valence-corrected chi connectivity index (χ4v) is 2.31. The number of rotatable bonds is 5. The topological polar surface area (TPSA) is 68.5 Å². The fourth-order valence-electron chi connectivity index (χ4n) is 2.31. The van der Waals surface area contributed by atoms with Gasteiger partial charge in [-0.3, -0.25) is 4.79 Å². The van der Waals surface area contributed by atoms with E-state index < -0.39 is 30.4 Å². The molecule has 136 valence electrons. The average molecular weight is 357 g/mol. The number of carbonyl (C=O) groups excluding carboxylic acids is 1. The predicted octanol–water partition coefficient (Wildman–Crippen LogP) is 3.36. The van der Waals surface area contributed by atoms with Crippen molar-refractivity contribution in [2.45, 2.75) is 39.0 Å². The Bertz CT molecular complexity index is 827. The maximum Gasteiger partial charge on any atom is 0.405 e. The van der Waals surface area contributed by atoms with Crippen molar-refractivity contribution in [1.29, 1.82) is 0 Å². The van der Waals surface area contributed by atoms with E-state index in [0.29, 0.717) is 0 Å². The Kier molecular flexibility index (Phi) is 5.39. The maximum absolute atomic E-state index is 12.1. The molecule has 1 aromatic carbocycles. The second kappa shape index (κ2) is 7.16. The molecule has 5 nitrogen and oxygen atoms in total. The highest BCUT2D eigenvalue weighted by molar-refractivity contribution is 5.83. The lowest BCUT2D eigenvalue weighted by Crippen LogP contribution is -2.41. The molecule has 0 aliphatic heterocycles. The van der Waals surface area contributed by atoms with Gasteiger partial charge in [-0.2, -0.15) is 13.2 Å². The summed E-state index contributed by atoms with van der Waals surface area (Å²) in [5, 5.41) is 2.48. The number of alkyl halides is 3. The summed E-state index contributed by atoms with van der Waals surface area (Å²) in [6.07, 6.45) is -5.63. The summed E-state index contributed by atoms with van der Waals surface area (Å²) in [5.41, 5.74) is 0.592. The van der Waals surface area contributed by atoms with Crippen molar-refractivity contribution in [3.05, 3.63) is 40.2 Å². The van der Waals surface area contributed by atoms with E-state index in [-0.39, 0.29) is 17.3 Å². The van der Waals surface area contributed by atoms with E-state index in [1.165, 1.54) is 19.1 Å². The normalized spacial score (nSPS) is 13.1. The smallest absolute Gasteiger partial charge is 0.405 e. The van der Waals surface area contributed by atoms with Crippen LogP contribution in [0.15, 0.2) is 33.5 Å². The minimum Gasteiger partial charge on any atom is -0.481 e. The molecule has 1 amide bonds. The van der Waals surface area contributed by atoms with Gasteiger partial charge in [-0.1, -0.05) is 13.8 Å². The third kappa shape index (κ3) is 4.98. The molecule has 0 aliphatic rings. The van der Waals surface area contributed by atoms with Crippen LogP contribution in [0, 0.1) is 0 Å². The first kappa shape index (κ1) is 18.8. The zero-order chi connectivity index (χ0) is 18.8. The maximum atomic E-state index is 12.1. The molecule has 2 rings (SSSR count). The van der Waals surface area contributed by atoms with Gasteiger partial charge in [0.05, 0.1) is 0 Å². The Hall–Kier alpha value is -2.51. The lowest BCUT2D eigenvalue weighted by molar-refractivity contribution is -0.142. The molecule has 0 saturated carbocycles. The molecule has 0 unspecified atom stereocenters. The standard InChI is InChI=1S/C17H18F3NO4/c1-9(2)13-7-15(22)25-14-6-11(4-5-12(13)14)24-10(3)16(23)21-8-17(18,19)20/h4-7,9-10H,8H2,1-3H3,(H,21,23)/t10-/m0/s1. The van der Waals surface area contributed by atoms with Crippen molar-refractivity contribution in [3.63, 3.8) is 0 Å². The van der Waals surface area contributed by atoms with E-state index in [2.05, 4.69) is 0 Å². The van der Waals surface area contributed by atoms with Gasteiger partial charge in [0.2, 0.25) is 0 Å². The van der Waals surface area contributed by atoms with E-state index in [9.17, 15) is 22.8 Å². The van der Waals surface area contributed by atoms with Crippen LogP contribution in [-0.2, 0) is 4.79 Å². The van der Waals surface area contributed by atoms with Gasteiger partial charge in [-0.05, 0) is 30.5 Å². The molecule has 1 N–H and O–H groups in total. The van der Waals surface area contributed by atoms with E-state index in [0.717, 1.165) is 10.9 Å². The molecule has 0 saturated heterocycles. The van der Waals surface area contributed by atoms with Crippen LogP contribution in [-0.4, -0.2) is 24.7 Å². The van der Waals surface area contributed by atoms with Crippen LogP contribution in [0.3, 0.4) is 0 Å². The number of halogens is 3. The first-order chi connectivity index (χ1) is 11.6. The molecule has 0 spiro atoms. The largest absolute Gasteiger partial charge is 0.481 e. The first-order valence-corrected chi connectivity index (χ1v) is 7.66. The molecule has 0 bridgehead atoms. The average Bonchev–Trinajstić information content (AvgIpc) is 2.50. The van der Waals surface area contributed by atoms with E-state index in [4.69, 9.17) is 9.15 Å². The van der Waals surface area contributed by atoms with Crippen LogP contribution in [0.25, 0.3) is 11.0 Å². The van der Waals surface area contributed by atoms with Gasteiger partial charge in [0.1, 0.15) is 17.9 Å². The number of ether oxygens (including phenoxy) is 1. The molecule has 1 aromatic heterocycles. The van der Waals surface area contributed by atoms with E-state index in [1.807, 2.05) is 13.8 Å². The van der Waals surface area contributed by atoms with E-state index in [1.54, 1.807) is 17.4 Å². The summed E-state index contributed by atoms with van der Waals surface area (Å²) >= 11 is 0. The van der Waals surface area contributed by atoms with Crippen LogP contribution in [0.5, 0.6) is 5.75 Å². The van der Waals surface area contributed by atoms with Gasteiger partial charge in [-0.25, -0.2) is 4.79 Å². The first-order valence-electron chi connectivity index (χ1n) is 7.66. The molecule has 25 heavy (non-hydrogen) atoms. The van der Waals surface area contributed by atoms with E-state index >= 15 is 0 Å². The number of hydrogen-bond acceptors (Lipinski definition) is 4. The molecular formula is C17H18F3NO4. The number of nitrogens with one attached hydrogen (secondary N) is 1. The SMILES string of the molecule is CC(C)c1cc(=O)oc2cc(O[C@@H](C)C(=O)NCC(F)(F)F)ccc12. The van der Waals surface area contributed by atoms with Crippen molar-refractivity contribution in [3.8, 4) is 5.75 Å². The summed E-state index contributed by atoms with van der Waals surface area (Å²) in [6, 6.07) is 6.11. The minimum absolute atomic E-state index is 0.102. The van der Waals surface area contributed by atoms with Crippen molar-refractivity contribution >= 4 is 16.9 Å². The van der Waals surface area contributed by atoms with Crippen LogP contribution in [0.4, 0.5) is 13.2 Å². The Balaban J connectivity index is 2.19. The molecule has 8 heteroatoms. The molecule has 0 fully saturated rings. The predicted molar refractivity (Wildman–Crippen MR) is 85.7 cm³/mol. The Morgan fingerprint density at radius 3 is 2.52 bits per heavy atom. The highest BCUT2D eigenvalue weighted by atomic mass is 19.4. The van der Waals surface area contributed by atoms with Gasteiger partial charge in [0, 0.05) is 17.5 Å². The second-order valence-corrected chi connectivity index (χ2v) is 5.93. The molecular weight excluding hydrogens is 339 g/mol. The second-order valence-electron chi connectivity index (χ2n) is 5.93. The zero-order valence-corrected chi connectivity index (χ0v) is 13.9. The minimum atomic E-state index is -4.49. The van der Waals surface area contributed by atoms with Crippen LogP contribution < -0.4 is 15.7 Å². The van der Waals surface area contributed by atoms with Crippen molar-refractivity contribution in [2.24, 2.45) is 0 Å². The molecule has 2 aromatic rings. The number of fused-ring (bicyclic) bond motifs is 1. The fraction of sp³-hybridized carbons (Fsp3) is 0.412. The van der Waals surface area contributed by atoms with Gasteiger partial charge >= 0.3 is 11.8 Å². The Labute approximate surface area is 141 Å². The van der Waals surface area contributed by atoms with Gasteiger partial charge in [0.15, 0.2) is 6.10 Å². The third-order valence-electron chi connectivity index (χ3n) is 3.52. The van der Waals surface area contributed by atoms with Crippen molar-refractivity contribution in [1.82, 2.24) is 5.32 Å². The van der Waals surface area contributed by atoms with Crippen molar-refractivity contribution < 1.29 is 27.1 Å². The van der Waals surface area contributed by atoms with Crippen LogP contribution in [0.1, 0.15) is 32.3 Å². The highest BCUT2D eigenvalue weighted by Gasteiger charge is 2.29. The number of amides is 1. The summed E-state index contributed by atoms with van der Waals surface area (Å²) in [6.45, 7) is 3.78. The summed E-state index contributed by atoms with van der Waals surface area (Å²) in [7, 11) is 0. The monoisotopic (exact) mass is 357 g/mol. The van der Waals surface area contributed by atoms with Crippen LogP contribution in [0.2, 0.25) is 0 Å². The zero-order valence-electron chi connectivity index (χ0n) is 13.9. The third-order valence-corrected chi connectivity index (χ3v) is 3.52. The van der Waals surface area contributed by atoms with Gasteiger partial charge < -0.3 is 14.5 Å². The summed E-state index contributed by atoms with van der Waals surface area (Å²) < 4.78 is 46.9. The van der Waals surface area contributed by atoms with Gasteiger partial charge in [0.25, 0.3) is 5.91 Å². The van der Waals surface area contributed by atoms with Crippen LogP contribution >= 0.6 is 0 Å². The quantitative estimate of drug-likeness (QED) is 0.833. The number of benzene rings is 1. The van der Waals surface area contributed by atoms with Crippen molar-refractivity contribution in [2.75, 3.05) is 6.54 Å². The highest BCUT2D eigenvalue weighted by Crippen LogP contribution is 2.27. The summed E-state index contributed by atoms with van der Waals surface area (Å²) in [4.78, 5) is 23.3. The lowest BCUT2D eigenvalue weighted by Gasteiger charge is -2.16. The summed E-state index contributed by atoms with van der Waals surface area (Å²) in [5.74, 6) is -0.577. The molecule has 0 radical (unpaired) electrons. The Morgan fingerprint density at radius 1 is 1.24 bits per heavy atom. The number of hydrogen-bond donors (Lipinski definition) is 1. The lowest BCUT2D eigenvalue weighted by atomic mass is 10.00. The van der Waals surface area contributed by atoms with Gasteiger partial charge in [-0.15, -0.1) is 0 Å².